The zero-order chi connectivity index (χ0) is 19.9. The number of nitrogens with zero attached hydrogens (tertiary/aromatic N) is 2. The predicted molar refractivity (Wildman–Crippen MR) is 111 cm³/mol. The first-order valence-electron chi connectivity index (χ1n) is 9.50. The van der Waals surface area contributed by atoms with Gasteiger partial charge in [0, 0.05) is 54.6 Å². The molecule has 1 aliphatic heterocycles. The van der Waals surface area contributed by atoms with Crippen LogP contribution in [0.25, 0.3) is 0 Å². The summed E-state index contributed by atoms with van der Waals surface area (Å²) in [5.74, 6) is -1.33. The van der Waals surface area contributed by atoms with E-state index in [9.17, 15) is 13.6 Å². The number of benzene rings is 2. The molecule has 7 heteroatoms. The van der Waals surface area contributed by atoms with Gasteiger partial charge in [0.25, 0.3) is 0 Å². The summed E-state index contributed by atoms with van der Waals surface area (Å²) >= 11 is 1.33. The molecule has 0 aliphatic carbocycles. The van der Waals surface area contributed by atoms with Crippen molar-refractivity contribution in [1.82, 2.24) is 4.90 Å². The Bertz CT molecular complexity index is 793. The molecule has 1 heterocycles. The lowest BCUT2D eigenvalue weighted by Gasteiger charge is -2.35. The number of piperazine rings is 1. The van der Waals surface area contributed by atoms with E-state index >= 15 is 0 Å². The fraction of sp³-hybridized carbons (Fsp3) is 0.381. The Morgan fingerprint density at radius 3 is 2.39 bits per heavy atom. The first-order valence-corrected chi connectivity index (χ1v) is 10.5. The van der Waals surface area contributed by atoms with Crippen molar-refractivity contribution < 1.29 is 13.6 Å². The normalized spacial score (nSPS) is 14.9. The maximum Gasteiger partial charge on any atom is 0.225 e. The molecule has 150 valence electrons. The van der Waals surface area contributed by atoms with Crippen molar-refractivity contribution in [2.75, 3.05) is 48.7 Å². The highest BCUT2D eigenvalue weighted by Gasteiger charge is 2.15. The summed E-state index contributed by atoms with van der Waals surface area (Å²) in [4.78, 5) is 17.5. The number of likely N-dealkylation sites (N-methyl/N-ethyl adjacent to an activating group) is 1. The minimum atomic E-state index is -0.870. The second-order valence-corrected chi connectivity index (χ2v) is 7.86. The zero-order valence-corrected chi connectivity index (χ0v) is 16.8. The van der Waals surface area contributed by atoms with E-state index < -0.39 is 11.6 Å². The number of hydrogen-bond donors (Lipinski definition) is 1. The lowest BCUT2D eigenvalue weighted by molar-refractivity contribution is -0.115. The van der Waals surface area contributed by atoms with Crippen LogP contribution in [0, 0.1) is 11.6 Å². The number of nitrogens with one attached hydrogen (secondary N) is 1. The lowest BCUT2D eigenvalue weighted by Crippen LogP contribution is -2.46. The minimum Gasteiger partial charge on any atom is -0.369 e. The number of carbonyl (C=O) groups is 1. The summed E-state index contributed by atoms with van der Waals surface area (Å²) in [5.41, 5.74) is 1.93. The predicted octanol–water partition coefficient (Wildman–Crippen LogP) is 4.23. The number of hydrogen-bond acceptors (Lipinski definition) is 4. The van der Waals surface area contributed by atoms with Crippen molar-refractivity contribution in [2.24, 2.45) is 0 Å². The molecule has 4 nitrogen and oxygen atoms in total. The third-order valence-corrected chi connectivity index (χ3v) is 5.82. The first-order chi connectivity index (χ1) is 13.5. The van der Waals surface area contributed by atoms with Crippen LogP contribution in [0.5, 0.6) is 0 Å². The van der Waals surface area contributed by atoms with Crippen LogP contribution in [-0.4, -0.2) is 49.3 Å². The molecule has 0 spiro atoms. The molecule has 1 amide bonds. The highest BCUT2D eigenvalue weighted by molar-refractivity contribution is 7.99. The summed E-state index contributed by atoms with van der Waals surface area (Å²) in [6.45, 7) is 7.45. The molecule has 1 aliphatic rings. The Morgan fingerprint density at radius 2 is 1.75 bits per heavy atom. The molecule has 1 N–H and O–H groups in total. The van der Waals surface area contributed by atoms with Gasteiger partial charge in [0.15, 0.2) is 11.6 Å². The van der Waals surface area contributed by atoms with Crippen molar-refractivity contribution >= 4 is 29.0 Å². The molecule has 2 aromatic rings. The molecule has 2 aromatic carbocycles. The Morgan fingerprint density at radius 1 is 1.04 bits per heavy atom. The number of thioether (sulfide) groups is 1. The average molecular weight is 406 g/mol. The minimum absolute atomic E-state index is 0.0978. The second kappa shape index (κ2) is 9.89. The van der Waals surface area contributed by atoms with Gasteiger partial charge in [0.2, 0.25) is 5.91 Å². The third kappa shape index (κ3) is 5.69. The Balaban J connectivity index is 1.43. The number of carbonyl (C=O) groups excluding carboxylic acids is 1. The van der Waals surface area contributed by atoms with Crippen LogP contribution in [0.4, 0.5) is 20.2 Å². The molecular weight excluding hydrogens is 380 g/mol. The van der Waals surface area contributed by atoms with Gasteiger partial charge in [0.1, 0.15) is 0 Å². The number of halogens is 2. The van der Waals surface area contributed by atoms with Gasteiger partial charge in [-0.15, -0.1) is 11.8 Å². The van der Waals surface area contributed by atoms with Crippen molar-refractivity contribution in [2.45, 2.75) is 18.2 Å². The molecule has 28 heavy (non-hydrogen) atoms. The summed E-state index contributed by atoms with van der Waals surface area (Å²) in [7, 11) is 0. The van der Waals surface area contributed by atoms with Gasteiger partial charge >= 0.3 is 0 Å². The Hall–Kier alpha value is -2.12. The summed E-state index contributed by atoms with van der Waals surface area (Å²) < 4.78 is 26.1. The SMILES string of the molecule is CCN1CCN(c2ccc(NC(=O)CCSc3ccc(F)c(F)c3)cc2)CC1. The van der Waals surface area contributed by atoms with E-state index in [2.05, 4.69) is 22.0 Å². The fourth-order valence-electron chi connectivity index (χ4n) is 3.13. The summed E-state index contributed by atoms with van der Waals surface area (Å²) in [6.07, 6.45) is 0.296. The van der Waals surface area contributed by atoms with E-state index in [1.807, 2.05) is 24.3 Å². The van der Waals surface area contributed by atoms with Gasteiger partial charge in [-0.25, -0.2) is 8.78 Å². The van der Waals surface area contributed by atoms with E-state index in [1.165, 1.54) is 23.5 Å². The molecule has 1 fully saturated rings. The van der Waals surface area contributed by atoms with Crippen LogP contribution >= 0.6 is 11.8 Å². The highest BCUT2D eigenvalue weighted by atomic mass is 32.2. The van der Waals surface area contributed by atoms with Crippen molar-refractivity contribution in [3.8, 4) is 0 Å². The first kappa shape index (κ1) is 20.6. The van der Waals surface area contributed by atoms with Crippen LogP contribution in [0.15, 0.2) is 47.4 Å². The number of amides is 1. The second-order valence-electron chi connectivity index (χ2n) is 6.69. The van der Waals surface area contributed by atoms with E-state index in [-0.39, 0.29) is 5.91 Å². The molecule has 0 atom stereocenters. The molecule has 0 saturated carbocycles. The summed E-state index contributed by atoms with van der Waals surface area (Å²) in [6, 6.07) is 11.7. The average Bonchev–Trinajstić information content (AvgIpc) is 2.71. The molecule has 1 saturated heterocycles. The van der Waals surface area contributed by atoms with Crippen LogP contribution in [0.1, 0.15) is 13.3 Å². The molecule has 0 radical (unpaired) electrons. The molecule has 0 aromatic heterocycles. The van der Waals surface area contributed by atoms with Gasteiger partial charge in [0.05, 0.1) is 0 Å². The fourth-order valence-corrected chi connectivity index (χ4v) is 4.00. The molecular formula is C21H25F2N3OS. The zero-order valence-electron chi connectivity index (χ0n) is 16.0. The van der Waals surface area contributed by atoms with Crippen LogP contribution in [0.3, 0.4) is 0 Å². The smallest absolute Gasteiger partial charge is 0.225 e. The quantitative estimate of drug-likeness (QED) is 0.700. The van der Waals surface area contributed by atoms with Gasteiger partial charge in [-0.3, -0.25) is 4.79 Å². The van der Waals surface area contributed by atoms with Crippen molar-refractivity contribution in [1.29, 1.82) is 0 Å². The Kier molecular flexibility index (Phi) is 7.28. The van der Waals surface area contributed by atoms with Crippen LogP contribution in [-0.2, 0) is 4.79 Å². The van der Waals surface area contributed by atoms with Crippen molar-refractivity contribution in [3.63, 3.8) is 0 Å². The van der Waals surface area contributed by atoms with E-state index in [0.29, 0.717) is 17.1 Å². The van der Waals surface area contributed by atoms with E-state index in [4.69, 9.17) is 0 Å². The molecule has 0 unspecified atom stereocenters. The van der Waals surface area contributed by atoms with Crippen LogP contribution < -0.4 is 10.2 Å². The van der Waals surface area contributed by atoms with Gasteiger partial charge in [-0.2, -0.15) is 0 Å². The van der Waals surface area contributed by atoms with Gasteiger partial charge in [-0.1, -0.05) is 6.92 Å². The maximum atomic E-state index is 13.2. The highest BCUT2D eigenvalue weighted by Crippen LogP contribution is 2.22. The van der Waals surface area contributed by atoms with Crippen molar-refractivity contribution in [3.05, 3.63) is 54.1 Å². The van der Waals surface area contributed by atoms with Crippen LogP contribution in [0.2, 0.25) is 0 Å². The largest absolute Gasteiger partial charge is 0.369 e. The van der Waals surface area contributed by atoms with Gasteiger partial charge in [-0.05, 0) is 49.0 Å². The Labute approximate surface area is 168 Å². The third-order valence-electron chi connectivity index (χ3n) is 4.82. The van der Waals surface area contributed by atoms with E-state index in [1.54, 1.807) is 0 Å². The lowest BCUT2D eigenvalue weighted by atomic mass is 10.2. The number of anilines is 2. The molecule has 3 rings (SSSR count). The summed E-state index contributed by atoms with van der Waals surface area (Å²) in [5, 5.41) is 2.88. The number of rotatable bonds is 7. The van der Waals surface area contributed by atoms with E-state index in [0.717, 1.165) is 50.5 Å². The maximum absolute atomic E-state index is 13.2. The topological polar surface area (TPSA) is 35.6 Å². The standard InChI is InChI=1S/C21H25F2N3OS/c1-2-25-10-12-26(13-11-25)17-5-3-16(4-6-17)24-21(27)9-14-28-18-7-8-19(22)20(23)15-18/h3-8,15H,2,9-14H2,1H3,(H,24,27). The monoisotopic (exact) mass is 405 g/mol. The van der Waals surface area contributed by atoms with Gasteiger partial charge < -0.3 is 15.1 Å². The molecule has 0 bridgehead atoms.